The number of halogens is 1. The van der Waals surface area contributed by atoms with Crippen LogP contribution in [0.1, 0.15) is 24.7 Å². The van der Waals surface area contributed by atoms with Gasteiger partial charge in [0.05, 0.1) is 6.04 Å². The van der Waals surface area contributed by atoms with Gasteiger partial charge in [-0.25, -0.2) is 0 Å². The maximum Gasteiger partial charge on any atom is 0.239 e. The molecule has 0 spiro atoms. The number of thioether (sulfide) groups is 1. The Balaban J connectivity index is 0.00000264. The smallest absolute Gasteiger partial charge is 0.239 e. The van der Waals surface area contributed by atoms with Crippen molar-refractivity contribution in [2.24, 2.45) is 5.73 Å². The maximum absolute atomic E-state index is 12.4. The quantitative estimate of drug-likeness (QED) is 0.825. The summed E-state index contributed by atoms with van der Waals surface area (Å²) >= 11 is 1.71. The van der Waals surface area contributed by atoms with E-state index in [1.165, 1.54) is 0 Å². The number of carbonyl (C=O) groups is 1. The van der Waals surface area contributed by atoms with Crippen molar-refractivity contribution in [3.63, 3.8) is 0 Å². The molecule has 4 nitrogen and oxygen atoms in total. The molecule has 0 radical (unpaired) electrons. The van der Waals surface area contributed by atoms with Gasteiger partial charge in [-0.2, -0.15) is 11.8 Å². The molecule has 0 bridgehead atoms. The van der Waals surface area contributed by atoms with Gasteiger partial charge >= 0.3 is 0 Å². The predicted molar refractivity (Wildman–Crippen MR) is 100 cm³/mol. The Morgan fingerprint density at radius 2 is 2.09 bits per heavy atom. The molecule has 1 atom stereocenters. The zero-order chi connectivity index (χ0) is 16.1. The third-order valence-electron chi connectivity index (χ3n) is 3.82. The lowest BCUT2D eigenvalue weighted by Gasteiger charge is -2.21. The summed E-state index contributed by atoms with van der Waals surface area (Å²) in [6, 6.07) is 7.53. The first-order valence-corrected chi connectivity index (χ1v) is 8.96. The summed E-state index contributed by atoms with van der Waals surface area (Å²) in [5.41, 5.74) is 7.95. The topological polar surface area (TPSA) is 59.5 Å². The van der Waals surface area contributed by atoms with Gasteiger partial charge in [-0.05, 0) is 24.5 Å². The van der Waals surface area contributed by atoms with Gasteiger partial charge < -0.3 is 15.1 Å². The Kier molecular flexibility index (Phi) is 7.95. The highest BCUT2D eigenvalue weighted by Gasteiger charge is 2.21. The fraction of sp³-hybridized carbons (Fsp3) is 0.471. The summed E-state index contributed by atoms with van der Waals surface area (Å²) in [5, 5.41) is 1.08. The lowest BCUT2D eigenvalue weighted by atomic mass is 10.1. The molecule has 6 heteroatoms. The molecule has 1 amide bonds. The van der Waals surface area contributed by atoms with Crippen LogP contribution in [-0.4, -0.2) is 35.9 Å². The molecular weight excluding hydrogens is 332 g/mol. The van der Waals surface area contributed by atoms with Crippen molar-refractivity contribution in [1.82, 2.24) is 4.90 Å². The predicted octanol–water partition coefficient (Wildman–Crippen LogP) is 3.46. The van der Waals surface area contributed by atoms with Crippen molar-refractivity contribution in [3.8, 4) is 0 Å². The summed E-state index contributed by atoms with van der Waals surface area (Å²) in [6.07, 6.45) is 3.54. The van der Waals surface area contributed by atoms with Crippen molar-refractivity contribution in [2.75, 3.05) is 19.1 Å². The largest absolute Gasteiger partial charge is 0.461 e. The van der Waals surface area contributed by atoms with Crippen LogP contribution in [0.25, 0.3) is 11.0 Å². The standard InChI is InChI=1S/C17H24N2O2S.ClH/c1-4-15-13(12-7-5-6-8-16(12)21-15)11-19(2)17(20)14(18)9-10-22-3;/h5-8,14H,4,9-11,18H2,1-3H3;1H/t14-;/m0./s1. The Morgan fingerprint density at radius 1 is 1.39 bits per heavy atom. The van der Waals surface area contributed by atoms with Crippen LogP contribution in [-0.2, 0) is 17.8 Å². The molecule has 0 aliphatic heterocycles. The molecule has 1 aromatic carbocycles. The molecule has 1 aromatic heterocycles. The van der Waals surface area contributed by atoms with Gasteiger partial charge in [0.1, 0.15) is 11.3 Å². The zero-order valence-corrected chi connectivity index (χ0v) is 15.5. The lowest BCUT2D eigenvalue weighted by Crippen LogP contribution is -2.41. The summed E-state index contributed by atoms with van der Waals surface area (Å²) < 4.78 is 5.88. The number of nitrogens with zero attached hydrogens (tertiary/aromatic N) is 1. The second kappa shape index (κ2) is 9.21. The lowest BCUT2D eigenvalue weighted by molar-refractivity contribution is -0.131. The van der Waals surface area contributed by atoms with E-state index in [0.29, 0.717) is 13.0 Å². The molecule has 0 unspecified atom stereocenters. The van der Waals surface area contributed by atoms with E-state index in [1.807, 2.05) is 37.6 Å². The van der Waals surface area contributed by atoms with Crippen LogP contribution >= 0.6 is 24.2 Å². The van der Waals surface area contributed by atoms with Gasteiger partial charge in [0.2, 0.25) is 5.91 Å². The minimum atomic E-state index is -0.430. The second-order valence-corrected chi connectivity index (χ2v) is 6.42. The van der Waals surface area contributed by atoms with Crippen molar-refractivity contribution >= 4 is 41.0 Å². The van der Waals surface area contributed by atoms with E-state index in [0.717, 1.165) is 34.5 Å². The average molecular weight is 357 g/mol. The number of likely N-dealkylation sites (N-methyl/N-ethyl adjacent to an activating group) is 1. The molecule has 1 heterocycles. The number of rotatable bonds is 7. The second-order valence-electron chi connectivity index (χ2n) is 5.44. The van der Waals surface area contributed by atoms with Gasteiger partial charge in [0.15, 0.2) is 0 Å². The number of benzene rings is 1. The molecule has 0 aliphatic carbocycles. The minimum absolute atomic E-state index is 0. The normalized spacial score (nSPS) is 12.0. The first-order chi connectivity index (χ1) is 10.6. The maximum atomic E-state index is 12.4. The number of para-hydroxylation sites is 1. The zero-order valence-electron chi connectivity index (χ0n) is 13.9. The Labute approximate surface area is 148 Å². The number of nitrogens with two attached hydrogens (primary N) is 1. The van der Waals surface area contributed by atoms with E-state index >= 15 is 0 Å². The van der Waals surface area contributed by atoms with E-state index in [1.54, 1.807) is 16.7 Å². The van der Waals surface area contributed by atoms with Crippen LogP contribution in [0.2, 0.25) is 0 Å². The van der Waals surface area contributed by atoms with Crippen molar-refractivity contribution in [2.45, 2.75) is 32.4 Å². The van der Waals surface area contributed by atoms with E-state index < -0.39 is 6.04 Å². The number of carbonyl (C=O) groups excluding carboxylic acids is 1. The van der Waals surface area contributed by atoms with Crippen LogP contribution in [0.3, 0.4) is 0 Å². The fourth-order valence-corrected chi connectivity index (χ4v) is 3.06. The van der Waals surface area contributed by atoms with Gasteiger partial charge in [0.25, 0.3) is 0 Å². The van der Waals surface area contributed by atoms with Gasteiger partial charge in [-0.3, -0.25) is 4.79 Å². The number of amides is 1. The van der Waals surface area contributed by atoms with Gasteiger partial charge in [-0.15, -0.1) is 12.4 Å². The number of hydrogen-bond acceptors (Lipinski definition) is 4. The summed E-state index contributed by atoms with van der Waals surface area (Å²) in [7, 11) is 1.81. The molecule has 23 heavy (non-hydrogen) atoms. The van der Waals surface area contributed by atoms with E-state index in [2.05, 4.69) is 6.92 Å². The Hall–Kier alpha value is -1.17. The fourth-order valence-electron chi connectivity index (χ4n) is 2.57. The number of fused-ring (bicyclic) bond motifs is 1. The Morgan fingerprint density at radius 3 is 2.74 bits per heavy atom. The van der Waals surface area contributed by atoms with Crippen LogP contribution in [0.15, 0.2) is 28.7 Å². The molecule has 2 rings (SSSR count). The summed E-state index contributed by atoms with van der Waals surface area (Å²) in [5.74, 6) is 1.83. The van der Waals surface area contributed by atoms with E-state index in [9.17, 15) is 4.79 Å². The van der Waals surface area contributed by atoms with Crippen LogP contribution in [0.5, 0.6) is 0 Å². The molecular formula is C17H25ClN2O2S. The first kappa shape index (κ1) is 19.9. The Bertz CT molecular complexity index is 645. The molecule has 2 N–H and O–H groups in total. The van der Waals surface area contributed by atoms with Crippen molar-refractivity contribution in [1.29, 1.82) is 0 Å². The van der Waals surface area contributed by atoms with Crippen LogP contribution < -0.4 is 5.73 Å². The summed E-state index contributed by atoms with van der Waals surface area (Å²) in [6.45, 7) is 2.60. The monoisotopic (exact) mass is 356 g/mol. The molecule has 0 aliphatic rings. The number of hydrogen-bond donors (Lipinski definition) is 1. The van der Waals surface area contributed by atoms with Crippen LogP contribution in [0.4, 0.5) is 0 Å². The first-order valence-electron chi connectivity index (χ1n) is 7.57. The van der Waals surface area contributed by atoms with Gasteiger partial charge in [0, 0.05) is 31.0 Å². The van der Waals surface area contributed by atoms with Crippen molar-refractivity contribution in [3.05, 3.63) is 35.6 Å². The van der Waals surface area contributed by atoms with E-state index in [-0.39, 0.29) is 18.3 Å². The SMILES string of the molecule is CCc1oc2ccccc2c1CN(C)C(=O)[C@@H](N)CCSC.Cl. The molecule has 0 fully saturated rings. The third kappa shape index (κ3) is 4.66. The third-order valence-corrected chi connectivity index (χ3v) is 4.47. The molecule has 128 valence electrons. The highest BCUT2D eigenvalue weighted by Crippen LogP contribution is 2.27. The molecule has 0 saturated heterocycles. The number of furan rings is 1. The summed E-state index contributed by atoms with van der Waals surface area (Å²) in [4.78, 5) is 14.1. The van der Waals surface area contributed by atoms with E-state index in [4.69, 9.17) is 10.2 Å². The van der Waals surface area contributed by atoms with Crippen molar-refractivity contribution < 1.29 is 9.21 Å². The highest BCUT2D eigenvalue weighted by atomic mass is 35.5. The molecule has 2 aromatic rings. The molecule has 0 saturated carbocycles. The average Bonchev–Trinajstić information content (AvgIpc) is 2.89. The minimum Gasteiger partial charge on any atom is -0.461 e. The number of aryl methyl sites for hydroxylation is 1. The highest BCUT2D eigenvalue weighted by molar-refractivity contribution is 7.98. The van der Waals surface area contributed by atoms with Crippen LogP contribution in [0, 0.1) is 0 Å². The van der Waals surface area contributed by atoms with Gasteiger partial charge in [-0.1, -0.05) is 25.1 Å².